The Morgan fingerprint density at radius 2 is 1.11 bits per heavy atom. The summed E-state index contributed by atoms with van der Waals surface area (Å²) in [6, 6.07) is 15.3. The van der Waals surface area contributed by atoms with Gasteiger partial charge in [0, 0.05) is 37.6 Å². The number of rotatable bonds is 2. The minimum atomic E-state index is 0.265. The predicted molar refractivity (Wildman–Crippen MR) is 119 cm³/mol. The summed E-state index contributed by atoms with van der Waals surface area (Å²) >= 11 is 6.92. The van der Waals surface area contributed by atoms with Crippen molar-refractivity contribution in [3.05, 3.63) is 75.4 Å². The predicted octanol–water partition coefficient (Wildman–Crippen LogP) is 5.71. The van der Waals surface area contributed by atoms with E-state index in [1.54, 1.807) is 21.5 Å². The third-order valence-corrected chi connectivity index (χ3v) is 5.19. The summed E-state index contributed by atoms with van der Waals surface area (Å²) in [5.74, 6) is 0.265. The molecule has 0 aliphatic heterocycles. The molecular formula is C21H20Br2N4O. The second-order valence-electron chi connectivity index (χ2n) is 6.41. The lowest BCUT2D eigenvalue weighted by Gasteiger charge is -1.98. The molecule has 0 unspecified atom stereocenters. The number of hydrogen-bond donors (Lipinski definition) is 1. The van der Waals surface area contributed by atoms with Crippen LogP contribution in [0.3, 0.4) is 0 Å². The highest BCUT2D eigenvalue weighted by atomic mass is 79.9. The van der Waals surface area contributed by atoms with E-state index in [9.17, 15) is 0 Å². The summed E-state index contributed by atoms with van der Waals surface area (Å²) in [6.07, 6.45) is 3.84. The number of halogens is 2. The van der Waals surface area contributed by atoms with Gasteiger partial charge in [0.1, 0.15) is 17.1 Å². The van der Waals surface area contributed by atoms with Gasteiger partial charge in [-0.25, -0.2) is 0 Å². The van der Waals surface area contributed by atoms with E-state index in [1.165, 1.54) is 5.56 Å². The number of aromatic nitrogens is 4. The maximum atomic E-state index is 9.14. The van der Waals surface area contributed by atoms with Crippen LogP contribution in [0.4, 0.5) is 0 Å². The molecular weight excluding hydrogens is 484 g/mol. The van der Waals surface area contributed by atoms with Crippen molar-refractivity contribution >= 4 is 31.9 Å². The molecule has 4 aromatic rings. The highest BCUT2D eigenvalue weighted by molar-refractivity contribution is 9.11. The highest BCUT2D eigenvalue weighted by Crippen LogP contribution is 2.27. The fraction of sp³-hybridized carbons (Fsp3) is 0.143. The van der Waals surface area contributed by atoms with Crippen molar-refractivity contribution in [3.8, 4) is 28.3 Å². The fourth-order valence-electron chi connectivity index (χ4n) is 2.64. The Labute approximate surface area is 180 Å². The van der Waals surface area contributed by atoms with Crippen molar-refractivity contribution in [2.24, 2.45) is 14.1 Å². The Bertz CT molecular complexity index is 979. The molecule has 4 rings (SSSR count). The van der Waals surface area contributed by atoms with Crippen molar-refractivity contribution in [3.63, 3.8) is 0 Å². The third-order valence-electron chi connectivity index (χ3n) is 4.03. The van der Waals surface area contributed by atoms with Gasteiger partial charge in [-0.2, -0.15) is 10.2 Å². The molecule has 0 aliphatic rings. The van der Waals surface area contributed by atoms with Gasteiger partial charge in [0.25, 0.3) is 0 Å². The largest absolute Gasteiger partial charge is 0.508 e. The van der Waals surface area contributed by atoms with Crippen LogP contribution in [0.15, 0.2) is 69.9 Å². The van der Waals surface area contributed by atoms with Crippen LogP contribution in [0.1, 0.15) is 5.56 Å². The smallest absolute Gasteiger partial charge is 0.115 e. The summed E-state index contributed by atoms with van der Waals surface area (Å²) in [6.45, 7) is 2.08. The summed E-state index contributed by atoms with van der Waals surface area (Å²) in [7, 11) is 3.79. The van der Waals surface area contributed by atoms with Gasteiger partial charge in [-0.3, -0.25) is 9.36 Å². The van der Waals surface area contributed by atoms with Crippen LogP contribution in [0.25, 0.3) is 22.5 Å². The summed E-state index contributed by atoms with van der Waals surface area (Å²) in [5.41, 5.74) is 5.26. The molecule has 0 fully saturated rings. The normalized spacial score (nSPS) is 10.5. The Kier molecular flexibility index (Phi) is 6.36. The SMILES string of the molecule is Cc1ccc(-c2nn(C)cc2Br)cc1.Cn1cc(Br)c(-c2ccc(O)cc2)n1. The zero-order valence-corrected chi connectivity index (χ0v) is 18.9. The van der Waals surface area contributed by atoms with Crippen LogP contribution >= 0.6 is 31.9 Å². The van der Waals surface area contributed by atoms with E-state index in [4.69, 9.17) is 5.11 Å². The maximum Gasteiger partial charge on any atom is 0.115 e. The minimum absolute atomic E-state index is 0.265. The molecule has 5 nitrogen and oxygen atoms in total. The van der Waals surface area contributed by atoms with Crippen LogP contribution in [0.2, 0.25) is 0 Å². The lowest BCUT2D eigenvalue weighted by Crippen LogP contribution is -1.87. The monoisotopic (exact) mass is 502 g/mol. The van der Waals surface area contributed by atoms with Gasteiger partial charge in [-0.1, -0.05) is 29.8 Å². The van der Waals surface area contributed by atoms with Gasteiger partial charge in [0.05, 0.1) is 8.95 Å². The lowest BCUT2D eigenvalue weighted by molar-refractivity contribution is 0.475. The van der Waals surface area contributed by atoms with Gasteiger partial charge >= 0.3 is 0 Å². The first-order valence-electron chi connectivity index (χ1n) is 8.58. The Morgan fingerprint density at radius 3 is 1.46 bits per heavy atom. The molecule has 0 radical (unpaired) electrons. The topological polar surface area (TPSA) is 55.9 Å². The van der Waals surface area contributed by atoms with Crippen LogP contribution < -0.4 is 0 Å². The van der Waals surface area contributed by atoms with E-state index in [0.717, 1.165) is 31.5 Å². The fourth-order valence-corrected chi connectivity index (χ4v) is 3.85. The molecule has 0 bridgehead atoms. The molecule has 2 aromatic heterocycles. The van der Waals surface area contributed by atoms with Crippen molar-refractivity contribution < 1.29 is 5.11 Å². The van der Waals surface area contributed by atoms with E-state index in [1.807, 2.05) is 38.6 Å². The average Bonchev–Trinajstić information content (AvgIpc) is 3.17. The molecule has 0 atom stereocenters. The average molecular weight is 504 g/mol. The minimum Gasteiger partial charge on any atom is -0.508 e. The second-order valence-corrected chi connectivity index (χ2v) is 8.12. The first-order chi connectivity index (χ1) is 13.3. The number of aromatic hydroxyl groups is 1. The van der Waals surface area contributed by atoms with Crippen LogP contribution in [-0.2, 0) is 14.1 Å². The molecule has 0 saturated carbocycles. The number of nitrogens with zero attached hydrogens (tertiary/aromatic N) is 4. The highest BCUT2D eigenvalue weighted by Gasteiger charge is 2.07. The molecule has 144 valence electrons. The van der Waals surface area contributed by atoms with E-state index in [0.29, 0.717) is 0 Å². The van der Waals surface area contributed by atoms with E-state index >= 15 is 0 Å². The summed E-state index contributed by atoms with van der Waals surface area (Å²) in [5, 5.41) is 17.8. The maximum absolute atomic E-state index is 9.14. The molecule has 0 saturated heterocycles. The molecule has 2 heterocycles. The van der Waals surface area contributed by atoms with Gasteiger partial charge in [0.2, 0.25) is 0 Å². The van der Waals surface area contributed by atoms with Gasteiger partial charge in [-0.15, -0.1) is 0 Å². The quantitative estimate of drug-likeness (QED) is 0.381. The number of benzene rings is 2. The molecule has 0 aliphatic carbocycles. The van der Waals surface area contributed by atoms with E-state index in [-0.39, 0.29) is 5.75 Å². The van der Waals surface area contributed by atoms with Crippen molar-refractivity contribution in [1.29, 1.82) is 0 Å². The van der Waals surface area contributed by atoms with Crippen LogP contribution in [0.5, 0.6) is 5.75 Å². The summed E-state index contributed by atoms with van der Waals surface area (Å²) in [4.78, 5) is 0. The molecule has 0 amide bonds. The molecule has 0 spiro atoms. The zero-order chi connectivity index (χ0) is 20.3. The number of phenols is 1. The van der Waals surface area contributed by atoms with Gasteiger partial charge in [-0.05, 0) is 63.0 Å². The first-order valence-corrected chi connectivity index (χ1v) is 10.2. The molecule has 28 heavy (non-hydrogen) atoms. The number of phenolic OH excluding ortho intramolecular Hbond substituents is 1. The Balaban J connectivity index is 0.000000161. The van der Waals surface area contributed by atoms with Gasteiger partial charge in [0.15, 0.2) is 0 Å². The Morgan fingerprint density at radius 1 is 0.714 bits per heavy atom. The first kappa shape index (κ1) is 20.4. The van der Waals surface area contributed by atoms with Crippen LogP contribution in [-0.4, -0.2) is 24.7 Å². The van der Waals surface area contributed by atoms with Crippen molar-refractivity contribution in [2.75, 3.05) is 0 Å². The molecule has 7 heteroatoms. The van der Waals surface area contributed by atoms with E-state index < -0.39 is 0 Å². The van der Waals surface area contributed by atoms with Crippen molar-refractivity contribution in [2.45, 2.75) is 6.92 Å². The lowest BCUT2D eigenvalue weighted by atomic mass is 10.1. The standard InChI is InChI=1S/C11H11BrN2.C10H9BrN2O/c1-8-3-5-9(6-4-8)11-10(12)7-14(2)13-11;1-13-6-9(11)10(12-13)7-2-4-8(14)5-3-7/h3-7H,1-2H3;2-6,14H,1H3. The van der Waals surface area contributed by atoms with E-state index in [2.05, 4.69) is 73.2 Å². The number of hydrogen-bond acceptors (Lipinski definition) is 3. The molecule has 1 N–H and O–H groups in total. The number of aryl methyl sites for hydroxylation is 3. The summed E-state index contributed by atoms with van der Waals surface area (Å²) < 4.78 is 5.53. The third kappa shape index (κ3) is 4.91. The van der Waals surface area contributed by atoms with Crippen molar-refractivity contribution in [1.82, 2.24) is 19.6 Å². The second kappa shape index (κ2) is 8.75. The Hall–Kier alpha value is -2.38. The van der Waals surface area contributed by atoms with Gasteiger partial charge < -0.3 is 5.11 Å². The zero-order valence-electron chi connectivity index (χ0n) is 15.8. The van der Waals surface area contributed by atoms with Crippen LogP contribution in [0, 0.1) is 6.92 Å². The molecule has 2 aromatic carbocycles.